The summed E-state index contributed by atoms with van der Waals surface area (Å²) in [6.07, 6.45) is 4.92. The number of nitrogens with zero attached hydrogens (tertiary/aromatic N) is 2. The van der Waals surface area contributed by atoms with Gasteiger partial charge in [-0.15, -0.1) is 0 Å². The molecule has 3 heterocycles. The number of anilines is 1. The van der Waals surface area contributed by atoms with Crippen LogP contribution in [0.5, 0.6) is 0 Å². The fraction of sp³-hybridized carbons (Fsp3) is 0.600. The van der Waals surface area contributed by atoms with E-state index in [2.05, 4.69) is 22.3 Å². The van der Waals surface area contributed by atoms with E-state index in [1.54, 1.807) is 0 Å². The maximum absolute atomic E-state index is 12.8. The minimum Gasteiger partial charge on any atom is -0.480 e. The summed E-state index contributed by atoms with van der Waals surface area (Å²) in [6.45, 7) is 4.37. The Balaban J connectivity index is 1.35. The molecule has 3 saturated heterocycles. The zero-order valence-corrected chi connectivity index (χ0v) is 15.1. The molecule has 6 heteroatoms. The average molecular weight is 357 g/mol. The summed E-state index contributed by atoms with van der Waals surface area (Å²) in [6, 6.07) is 7.57. The Kier molecular flexibility index (Phi) is 4.61. The topological polar surface area (TPSA) is 72.9 Å². The monoisotopic (exact) mass is 357 g/mol. The second-order valence-electron chi connectivity index (χ2n) is 8.01. The first-order valence-electron chi connectivity index (χ1n) is 9.67. The van der Waals surface area contributed by atoms with Crippen molar-refractivity contribution in [2.45, 2.75) is 38.1 Å². The normalized spacial score (nSPS) is 25.0. The summed E-state index contributed by atoms with van der Waals surface area (Å²) in [5, 5.41) is 12.3. The first-order chi connectivity index (χ1) is 12.6. The number of carboxylic acid groups (broad SMARTS) is 1. The van der Waals surface area contributed by atoms with Crippen molar-refractivity contribution in [3.8, 4) is 0 Å². The molecule has 1 spiro atoms. The maximum atomic E-state index is 12.8. The van der Waals surface area contributed by atoms with Gasteiger partial charge in [0, 0.05) is 44.0 Å². The second-order valence-corrected chi connectivity index (χ2v) is 8.01. The van der Waals surface area contributed by atoms with Gasteiger partial charge in [0.2, 0.25) is 0 Å². The number of aliphatic carboxylic acids is 1. The molecule has 1 amide bonds. The lowest BCUT2D eigenvalue weighted by Crippen LogP contribution is -2.44. The van der Waals surface area contributed by atoms with E-state index in [0.717, 1.165) is 38.0 Å². The van der Waals surface area contributed by atoms with E-state index in [0.29, 0.717) is 19.5 Å². The average Bonchev–Trinajstić information content (AvgIpc) is 3.33. The van der Waals surface area contributed by atoms with Gasteiger partial charge in [0.15, 0.2) is 0 Å². The highest BCUT2D eigenvalue weighted by Crippen LogP contribution is 2.39. The van der Waals surface area contributed by atoms with Crippen LogP contribution in [0.3, 0.4) is 0 Å². The molecular weight excluding hydrogens is 330 g/mol. The van der Waals surface area contributed by atoms with E-state index in [1.165, 1.54) is 18.5 Å². The van der Waals surface area contributed by atoms with E-state index >= 15 is 0 Å². The van der Waals surface area contributed by atoms with Crippen molar-refractivity contribution in [2.75, 3.05) is 37.6 Å². The Morgan fingerprint density at radius 2 is 1.69 bits per heavy atom. The van der Waals surface area contributed by atoms with Gasteiger partial charge in [0.05, 0.1) is 0 Å². The third kappa shape index (κ3) is 3.30. The lowest BCUT2D eigenvalue weighted by atomic mass is 9.76. The summed E-state index contributed by atoms with van der Waals surface area (Å²) in [5.41, 5.74) is 1.99. The van der Waals surface area contributed by atoms with Gasteiger partial charge in [0.25, 0.3) is 5.91 Å². The standard InChI is InChI=1S/C20H27N3O3/c24-18(15-3-5-16(6-4-15)22-9-1-2-10-22)23-11-7-20(8-12-23)13-17(19(25)26)21-14-20/h3-6,17,21H,1-2,7-14H2,(H,25,26). The molecule has 0 aliphatic carbocycles. The van der Waals surface area contributed by atoms with E-state index in [1.807, 2.05) is 17.0 Å². The molecule has 3 aliphatic rings. The molecule has 4 rings (SSSR count). The molecule has 1 unspecified atom stereocenters. The number of nitrogens with one attached hydrogen (secondary N) is 1. The first-order valence-corrected chi connectivity index (χ1v) is 9.67. The fourth-order valence-corrected chi connectivity index (χ4v) is 4.63. The minimum absolute atomic E-state index is 0.0411. The minimum atomic E-state index is -0.765. The van der Waals surface area contributed by atoms with Gasteiger partial charge < -0.3 is 20.2 Å². The molecule has 1 aromatic rings. The van der Waals surface area contributed by atoms with Crippen LogP contribution in [0.15, 0.2) is 24.3 Å². The van der Waals surface area contributed by atoms with Crippen molar-refractivity contribution in [2.24, 2.45) is 5.41 Å². The zero-order chi connectivity index (χ0) is 18.1. The van der Waals surface area contributed by atoms with Crippen LogP contribution >= 0.6 is 0 Å². The van der Waals surface area contributed by atoms with Gasteiger partial charge in [-0.2, -0.15) is 0 Å². The van der Waals surface area contributed by atoms with Crippen LogP contribution in [0.25, 0.3) is 0 Å². The molecule has 0 saturated carbocycles. The van der Waals surface area contributed by atoms with E-state index in [4.69, 9.17) is 0 Å². The smallest absolute Gasteiger partial charge is 0.320 e. The number of carbonyl (C=O) groups excluding carboxylic acids is 1. The number of piperidine rings is 1. The third-order valence-electron chi connectivity index (χ3n) is 6.36. The number of amides is 1. The van der Waals surface area contributed by atoms with Gasteiger partial charge in [-0.3, -0.25) is 9.59 Å². The van der Waals surface area contributed by atoms with Crippen molar-refractivity contribution < 1.29 is 14.7 Å². The largest absolute Gasteiger partial charge is 0.480 e. The van der Waals surface area contributed by atoms with Crippen LogP contribution < -0.4 is 10.2 Å². The maximum Gasteiger partial charge on any atom is 0.320 e. The van der Waals surface area contributed by atoms with Crippen molar-refractivity contribution in [3.05, 3.63) is 29.8 Å². The van der Waals surface area contributed by atoms with Crippen LogP contribution in [-0.2, 0) is 4.79 Å². The van der Waals surface area contributed by atoms with E-state index in [-0.39, 0.29) is 11.3 Å². The molecule has 2 N–H and O–H groups in total. The molecule has 0 radical (unpaired) electrons. The van der Waals surface area contributed by atoms with Crippen molar-refractivity contribution in [1.29, 1.82) is 0 Å². The summed E-state index contributed by atoms with van der Waals surface area (Å²) in [7, 11) is 0. The second kappa shape index (κ2) is 6.91. The lowest BCUT2D eigenvalue weighted by molar-refractivity contribution is -0.139. The predicted octanol–water partition coefficient (Wildman–Crippen LogP) is 1.96. The van der Waals surface area contributed by atoms with Crippen LogP contribution in [0.4, 0.5) is 5.69 Å². The molecule has 3 fully saturated rings. The van der Waals surface area contributed by atoms with Gasteiger partial charge in [0.1, 0.15) is 6.04 Å². The molecule has 1 aromatic carbocycles. The Bertz CT molecular complexity index is 674. The predicted molar refractivity (Wildman–Crippen MR) is 99.5 cm³/mol. The van der Waals surface area contributed by atoms with E-state index in [9.17, 15) is 14.7 Å². The first kappa shape index (κ1) is 17.3. The summed E-state index contributed by atoms with van der Waals surface area (Å²) in [5.74, 6) is -0.674. The molecule has 26 heavy (non-hydrogen) atoms. The van der Waals surface area contributed by atoms with Gasteiger partial charge in [-0.05, 0) is 61.8 Å². The Morgan fingerprint density at radius 1 is 1.04 bits per heavy atom. The van der Waals surface area contributed by atoms with Crippen LogP contribution in [0.2, 0.25) is 0 Å². The zero-order valence-electron chi connectivity index (χ0n) is 15.1. The van der Waals surface area contributed by atoms with Gasteiger partial charge >= 0.3 is 5.97 Å². The summed E-state index contributed by atoms with van der Waals surface area (Å²) >= 11 is 0. The molecule has 3 aliphatic heterocycles. The van der Waals surface area contributed by atoms with Gasteiger partial charge in [-0.1, -0.05) is 0 Å². The number of carboxylic acids is 1. The Labute approximate surface area is 154 Å². The Hall–Kier alpha value is -2.08. The molecule has 0 aromatic heterocycles. The molecular formula is C20H27N3O3. The highest BCUT2D eigenvalue weighted by Gasteiger charge is 2.44. The number of carbonyl (C=O) groups is 2. The quantitative estimate of drug-likeness (QED) is 0.865. The number of likely N-dealkylation sites (tertiary alicyclic amines) is 1. The van der Waals surface area contributed by atoms with Crippen LogP contribution in [0.1, 0.15) is 42.5 Å². The van der Waals surface area contributed by atoms with E-state index < -0.39 is 12.0 Å². The fourth-order valence-electron chi connectivity index (χ4n) is 4.63. The third-order valence-corrected chi connectivity index (χ3v) is 6.36. The van der Waals surface area contributed by atoms with Crippen LogP contribution in [0, 0.1) is 5.41 Å². The molecule has 0 bridgehead atoms. The number of rotatable bonds is 3. The van der Waals surface area contributed by atoms with Crippen molar-refractivity contribution in [1.82, 2.24) is 10.2 Å². The van der Waals surface area contributed by atoms with Crippen molar-refractivity contribution >= 4 is 17.6 Å². The molecule has 140 valence electrons. The Morgan fingerprint density at radius 3 is 2.27 bits per heavy atom. The summed E-state index contributed by atoms with van der Waals surface area (Å²) < 4.78 is 0. The SMILES string of the molecule is O=C(O)C1CC2(CCN(C(=O)c3ccc(N4CCCC4)cc3)CC2)CN1. The number of hydrogen-bond acceptors (Lipinski definition) is 4. The molecule has 6 nitrogen and oxygen atoms in total. The van der Waals surface area contributed by atoms with Crippen LogP contribution in [-0.4, -0.2) is 60.6 Å². The number of hydrogen-bond donors (Lipinski definition) is 2. The molecule has 1 atom stereocenters. The highest BCUT2D eigenvalue weighted by molar-refractivity contribution is 5.94. The van der Waals surface area contributed by atoms with Gasteiger partial charge in [-0.25, -0.2) is 0 Å². The van der Waals surface area contributed by atoms with Crippen molar-refractivity contribution in [3.63, 3.8) is 0 Å². The number of benzene rings is 1. The highest BCUT2D eigenvalue weighted by atomic mass is 16.4. The summed E-state index contributed by atoms with van der Waals surface area (Å²) in [4.78, 5) is 28.3. The lowest BCUT2D eigenvalue weighted by Gasteiger charge is -2.39.